The predicted molar refractivity (Wildman–Crippen MR) is 74.1 cm³/mol. The normalized spacial score (nSPS) is 19.6. The number of aromatic nitrogens is 2. The maximum absolute atomic E-state index is 5.23. The van der Waals surface area contributed by atoms with Crippen molar-refractivity contribution in [3.63, 3.8) is 0 Å². The predicted octanol–water partition coefficient (Wildman–Crippen LogP) is 2.82. The van der Waals surface area contributed by atoms with Gasteiger partial charge in [-0.2, -0.15) is 0 Å². The highest BCUT2D eigenvalue weighted by molar-refractivity contribution is 5.63. The summed E-state index contributed by atoms with van der Waals surface area (Å²) in [4.78, 5) is 4.82. The van der Waals surface area contributed by atoms with E-state index < -0.39 is 0 Å². The summed E-state index contributed by atoms with van der Waals surface area (Å²) in [6.45, 7) is 6.05. The van der Waals surface area contributed by atoms with Crippen LogP contribution in [-0.2, 0) is 0 Å². The molecule has 0 saturated carbocycles. The van der Waals surface area contributed by atoms with Crippen LogP contribution in [-0.4, -0.2) is 23.2 Å². The quantitative estimate of drug-likeness (QED) is 0.898. The summed E-state index contributed by atoms with van der Waals surface area (Å²) in [5.74, 6) is 1.36. The summed E-state index contributed by atoms with van der Waals surface area (Å²) in [6.07, 6.45) is 2.44. The van der Waals surface area contributed by atoms with Gasteiger partial charge in [-0.25, -0.2) is 0 Å². The molecule has 1 fully saturated rings. The Morgan fingerprint density at radius 1 is 1.32 bits per heavy atom. The smallest absolute Gasteiger partial charge is 0.143 e. The highest BCUT2D eigenvalue weighted by Crippen LogP contribution is 2.28. The van der Waals surface area contributed by atoms with Crippen molar-refractivity contribution in [3.8, 4) is 11.3 Å². The van der Waals surface area contributed by atoms with E-state index in [4.69, 9.17) is 9.51 Å². The van der Waals surface area contributed by atoms with Gasteiger partial charge in [0.1, 0.15) is 5.76 Å². The summed E-state index contributed by atoms with van der Waals surface area (Å²) in [6, 6.07) is 6.24. The molecule has 0 amide bonds. The van der Waals surface area contributed by atoms with Crippen molar-refractivity contribution in [2.45, 2.75) is 32.6 Å². The summed E-state index contributed by atoms with van der Waals surface area (Å²) in [5.41, 5.74) is 4.08. The lowest BCUT2D eigenvalue weighted by atomic mass is 9.95. The average Bonchev–Trinajstić information content (AvgIpc) is 2.79. The number of rotatable bonds is 2. The van der Waals surface area contributed by atoms with Crippen LogP contribution in [0, 0.1) is 13.8 Å². The Morgan fingerprint density at radius 2 is 2.21 bits per heavy atom. The van der Waals surface area contributed by atoms with Gasteiger partial charge in [-0.15, -0.1) is 0 Å². The number of nitrogens with zero attached hydrogens (tertiary/aromatic N) is 2. The second-order valence-corrected chi connectivity index (χ2v) is 5.19. The Hall–Kier alpha value is -1.68. The number of hydrogen-bond acceptors (Lipinski definition) is 4. The van der Waals surface area contributed by atoms with Crippen LogP contribution in [0.3, 0.4) is 0 Å². The van der Waals surface area contributed by atoms with Crippen LogP contribution in [0.25, 0.3) is 11.3 Å². The summed E-state index contributed by atoms with van der Waals surface area (Å²) in [7, 11) is 0. The van der Waals surface area contributed by atoms with Crippen LogP contribution in [0.2, 0.25) is 0 Å². The van der Waals surface area contributed by atoms with Gasteiger partial charge >= 0.3 is 0 Å². The third kappa shape index (κ3) is 2.40. The molecule has 1 aliphatic heterocycles. The van der Waals surface area contributed by atoms with E-state index in [-0.39, 0.29) is 0 Å². The summed E-state index contributed by atoms with van der Waals surface area (Å²) >= 11 is 0. The number of hydrogen-bond donors (Lipinski definition) is 1. The van der Waals surface area contributed by atoms with Crippen LogP contribution in [0.15, 0.2) is 22.7 Å². The zero-order valence-corrected chi connectivity index (χ0v) is 11.4. The highest BCUT2D eigenvalue weighted by atomic mass is 16.5. The lowest BCUT2D eigenvalue weighted by molar-refractivity contribution is 0.393. The molecular formula is C15H19N3O. The zero-order valence-electron chi connectivity index (χ0n) is 11.4. The van der Waals surface area contributed by atoms with Crippen molar-refractivity contribution in [1.29, 1.82) is 0 Å². The first-order valence-corrected chi connectivity index (χ1v) is 6.86. The Labute approximate surface area is 113 Å². The molecule has 0 radical (unpaired) electrons. The third-order valence-electron chi connectivity index (χ3n) is 3.78. The fraction of sp³-hybridized carbons (Fsp3) is 0.467. The molecule has 19 heavy (non-hydrogen) atoms. The van der Waals surface area contributed by atoms with Gasteiger partial charge in [-0.05, 0) is 45.4 Å². The Bertz CT molecular complexity index is 551. The third-order valence-corrected chi connectivity index (χ3v) is 3.78. The zero-order chi connectivity index (χ0) is 13.2. The largest absolute Gasteiger partial charge is 0.361 e. The maximum Gasteiger partial charge on any atom is 0.143 e. The number of pyridine rings is 1. The van der Waals surface area contributed by atoms with E-state index >= 15 is 0 Å². The van der Waals surface area contributed by atoms with Crippen LogP contribution >= 0.6 is 0 Å². The highest BCUT2D eigenvalue weighted by Gasteiger charge is 2.18. The van der Waals surface area contributed by atoms with E-state index in [1.165, 1.54) is 18.5 Å². The molecule has 1 N–H and O–H groups in total. The maximum atomic E-state index is 5.23. The molecule has 0 bridgehead atoms. The van der Waals surface area contributed by atoms with E-state index in [2.05, 4.69) is 22.6 Å². The van der Waals surface area contributed by atoms with E-state index in [0.29, 0.717) is 5.92 Å². The van der Waals surface area contributed by atoms with Crippen molar-refractivity contribution >= 4 is 0 Å². The molecule has 3 heterocycles. The minimum atomic E-state index is 0.522. The SMILES string of the molecule is Cc1noc(C)c1-c1cccc(C2CCCNC2)n1. The molecule has 2 aromatic heterocycles. The van der Waals surface area contributed by atoms with Crippen LogP contribution in [0.5, 0.6) is 0 Å². The van der Waals surface area contributed by atoms with Gasteiger partial charge < -0.3 is 9.84 Å². The molecule has 0 aliphatic carbocycles. The standard InChI is InChI=1S/C15H19N3O/c1-10-15(11(2)19-18-10)14-7-3-6-13(17-14)12-5-4-8-16-9-12/h3,6-7,12,16H,4-5,8-9H2,1-2H3. The van der Waals surface area contributed by atoms with Crippen LogP contribution in [0.4, 0.5) is 0 Å². The monoisotopic (exact) mass is 257 g/mol. The van der Waals surface area contributed by atoms with E-state index in [0.717, 1.165) is 35.8 Å². The van der Waals surface area contributed by atoms with Gasteiger partial charge in [-0.1, -0.05) is 11.2 Å². The van der Waals surface area contributed by atoms with Gasteiger partial charge in [0.2, 0.25) is 0 Å². The second-order valence-electron chi connectivity index (χ2n) is 5.19. The first-order valence-electron chi connectivity index (χ1n) is 6.86. The molecule has 1 aliphatic rings. The van der Waals surface area contributed by atoms with Crippen molar-refractivity contribution < 1.29 is 4.52 Å². The fourth-order valence-electron chi connectivity index (χ4n) is 2.77. The molecule has 1 unspecified atom stereocenters. The van der Waals surface area contributed by atoms with Crippen molar-refractivity contribution in [2.24, 2.45) is 0 Å². The van der Waals surface area contributed by atoms with Crippen LogP contribution in [0.1, 0.15) is 35.9 Å². The minimum Gasteiger partial charge on any atom is -0.361 e. The topological polar surface area (TPSA) is 51.0 Å². The first-order chi connectivity index (χ1) is 9.25. The van der Waals surface area contributed by atoms with Crippen molar-refractivity contribution in [2.75, 3.05) is 13.1 Å². The van der Waals surface area contributed by atoms with E-state index in [1.54, 1.807) is 0 Å². The Morgan fingerprint density at radius 3 is 2.89 bits per heavy atom. The lowest BCUT2D eigenvalue weighted by Gasteiger charge is -2.22. The van der Waals surface area contributed by atoms with Gasteiger partial charge in [0, 0.05) is 18.2 Å². The second kappa shape index (κ2) is 5.13. The van der Waals surface area contributed by atoms with Gasteiger partial charge in [-0.3, -0.25) is 4.98 Å². The van der Waals surface area contributed by atoms with Gasteiger partial charge in [0.25, 0.3) is 0 Å². The van der Waals surface area contributed by atoms with Crippen LogP contribution < -0.4 is 5.32 Å². The Balaban J connectivity index is 1.95. The summed E-state index contributed by atoms with van der Waals surface area (Å²) < 4.78 is 5.23. The van der Waals surface area contributed by atoms with E-state index in [9.17, 15) is 0 Å². The first kappa shape index (κ1) is 12.4. The molecule has 2 aromatic rings. The number of aryl methyl sites for hydroxylation is 2. The van der Waals surface area contributed by atoms with Gasteiger partial charge in [0.15, 0.2) is 0 Å². The molecule has 1 atom stereocenters. The van der Waals surface area contributed by atoms with E-state index in [1.807, 2.05) is 19.9 Å². The molecule has 0 aromatic carbocycles. The molecule has 4 nitrogen and oxygen atoms in total. The fourth-order valence-corrected chi connectivity index (χ4v) is 2.77. The molecule has 3 rings (SSSR count). The number of nitrogens with one attached hydrogen (secondary N) is 1. The molecule has 1 saturated heterocycles. The molecule has 100 valence electrons. The van der Waals surface area contributed by atoms with Crippen molar-refractivity contribution in [1.82, 2.24) is 15.5 Å². The Kier molecular flexibility index (Phi) is 3.34. The summed E-state index contributed by atoms with van der Waals surface area (Å²) in [5, 5.41) is 7.45. The number of piperidine rings is 1. The average molecular weight is 257 g/mol. The molecular weight excluding hydrogens is 238 g/mol. The van der Waals surface area contributed by atoms with Gasteiger partial charge in [0.05, 0.1) is 17.0 Å². The van der Waals surface area contributed by atoms with Crippen molar-refractivity contribution in [3.05, 3.63) is 35.3 Å². The lowest BCUT2D eigenvalue weighted by Crippen LogP contribution is -2.28. The molecule has 0 spiro atoms. The molecule has 4 heteroatoms. The minimum absolute atomic E-state index is 0.522.